The maximum absolute atomic E-state index is 12.8. The van der Waals surface area contributed by atoms with Crippen molar-refractivity contribution in [1.82, 2.24) is 14.6 Å². The molecular formula is C23H31N3O5S. The molecule has 2 N–H and O–H groups in total. The lowest BCUT2D eigenvalue weighted by Gasteiger charge is -2.41. The highest BCUT2D eigenvalue weighted by Crippen LogP contribution is 2.24. The van der Waals surface area contributed by atoms with E-state index in [2.05, 4.69) is 4.72 Å². The van der Waals surface area contributed by atoms with E-state index in [1.807, 2.05) is 48.5 Å². The second kappa shape index (κ2) is 10.9. The molecule has 174 valence electrons. The van der Waals surface area contributed by atoms with E-state index >= 15 is 0 Å². The molecule has 1 amide bonds. The minimum atomic E-state index is -3.68. The van der Waals surface area contributed by atoms with Crippen molar-refractivity contribution in [3.05, 3.63) is 54.2 Å². The average Bonchev–Trinajstić information content (AvgIpc) is 2.75. The van der Waals surface area contributed by atoms with Crippen molar-refractivity contribution in [3.8, 4) is 11.3 Å². The zero-order valence-corrected chi connectivity index (χ0v) is 19.3. The van der Waals surface area contributed by atoms with Crippen LogP contribution in [0.15, 0.2) is 48.5 Å². The van der Waals surface area contributed by atoms with Gasteiger partial charge in [0, 0.05) is 30.3 Å². The number of amides is 1. The van der Waals surface area contributed by atoms with E-state index in [0.717, 1.165) is 17.0 Å². The standard InChI is InChI=1S/C23H31N3O5S/c1-17(2)31-23(28)26-13-7-12-21(25-32(29,30)15-14-27)22(26)16-19-10-6-11-20(24-19)18-8-4-3-5-9-18/h3-6,8-11,17,21-22,25,27H,7,12-16H2,1-2H3/t21-,22-/m1/s1. The number of nitrogens with zero attached hydrogens (tertiary/aromatic N) is 2. The highest BCUT2D eigenvalue weighted by atomic mass is 32.2. The SMILES string of the molecule is CC(C)OC(=O)N1CCC[C@@H](NS(=O)(=O)CCO)[C@H]1Cc1cccc(-c2ccccc2)n1. The summed E-state index contributed by atoms with van der Waals surface area (Å²) in [5.74, 6) is -0.381. The summed E-state index contributed by atoms with van der Waals surface area (Å²) in [6, 6.07) is 14.5. The number of benzene rings is 1. The summed E-state index contributed by atoms with van der Waals surface area (Å²) in [5.41, 5.74) is 2.55. The second-order valence-corrected chi connectivity index (χ2v) is 10.1. The predicted molar refractivity (Wildman–Crippen MR) is 123 cm³/mol. The van der Waals surface area contributed by atoms with Crippen LogP contribution < -0.4 is 4.72 Å². The van der Waals surface area contributed by atoms with Gasteiger partial charge in [-0.1, -0.05) is 36.4 Å². The molecule has 2 atom stereocenters. The number of likely N-dealkylation sites (tertiary alicyclic amines) is 1. The number of hydrogen-bond donors (Lipinski definition) is 2. The average molecular weight is 462 g/mol. The van der Waals surface area contributed by atoms with Gasteiger partial charge in [0.05, 0.1) is 30.2 Å². The number of pyridine rings is 1. The van der Waals surface area contributed by atoms with E-state index in [4.69, 9.17) is 14.8 Å². The molecule has 1 aromatic heterocycles. The summed E-state index contributed by atoms with van der Waals surface area (Å²) in [4.78, 5) is 19.2. The summed E-state index contributed by atoms with van der Waals surface area (Å²) in [7, 11) is -3.68. The third kappa shape index (κ3) is 6.51. The zero-order chi connectivity index (χ0) is 23.1. The van der Waals surface area contributed by atoms with E-state index in [1.165, 1.54) is 0 Å². The number of carbonyl (C=O) groups excluding carboxylic acids is 1. The quantitative estimate of drug-likeness (QED) is 0.625. The third-order valence-corrected chi connectivity index (χ3v) is 6.72. The van der Waals surface area contributed by atoms with Crippen LogP contribution in [0.1, 0.15) is 32.4 Å². The number of carbonyl (C=O) groups is 1. The predicted octanol–water partition coefficient (Wildman–Crippen LogP) is 2.58. The minimum Gasteiger partial charge on any atom is -0.447 e. The molecule has 32 heavy (non-hydrogen) atoms. The monoisotopic (exact) mass is 461 g/mol. The summed E-state index contributed by atoms with van der Waals surface area (Å²) in [5, 5.41) is 9.10. The molecule has 9 heteroatoms. The van der Waals surface area contributed by atoms with Crippen molar-refractivity contribution < 1.29 is 23.1 Å². The second-order valence-electron chi connectivity index (χ2n) is 8.19. The smallest absolute Gasteiger partial charge is 0.410 e. The lowest BCUT2D eigenvalue weighted by Crippen LogP contribution is -2.58. The van der Waals surface area contributed by atoms with Crippen molar-refractivity contribution in [3.63, 3.8) is 0 Å². The normalized spacial score (nSPS) is 19.2. The van der Waals surface area contributed by atoms with Crippen LogP contribution in [0, 0.1) is 0 Å². The van der Waals surface area contributed by atoms with Crippen molar-refractivity contribution in [2.24, 2.45) is 0 Å². The summed E-state index contributed by atoms with van der Waals surface area (Å²) in [6.45, 7) is 3.58. The van der Waals surface area contributed by atoms with E-state index in [9.17, 15) is 13.2 Å². The molecule has 0 radical (unpaired) electrons. The highest BCUT2D eigenvalue weighted by Gasteiger charge is 2.37. The van der Waals surface area contributed by atoms with Crippen LogP contribution in [0.4, 0.5) is 4.79 Å². The molecule has 0 spiro atoms. The fraction of sp³-hybridized carbons (Fsp3) is 0.478. The number of ether oxygens (including phenoxy) is 1. The molecule has 1 saturated heterocycles. The number of hydrogen-bond acceptors (Lipinski definition) is 6. The Morgan fingerprint density at radius 1 is 1.22 bits per heavy atom. The minimum absolute atomic E-state index is 0.283. The topological polar surface area (TPSA) is 109 Å². The van der Waals surface area contributed by atoms with Gasteiger partial charge < -0.3 is 14.7 Å². The van der Waals surface area contributed by atoms with E-state index in [1.54, 1.807) is 18.7 Å². The summed E-state index contributed by atoms with van der Waals surface area (Å²) < 4.78 is 32.8. The number of aliphatic hydroxyl groups is 1. The van der Waals surface area contributed by atoms with Crippen LogP contribution in [0.3, 0.4) is 0 Å². The van der Waals surface area contributed by atoms with Crippen LogP contribution in [0.2, 0.25) is 0 Å². The van der Waals surface area contributed by atoms with Gasteiger partial charge in [-0.25, -0.2) is 17.9 Å². The molecule has 2 heterocycles. The van der Waals surface area contributed by atoms with Crippen LogP contribution in [0.25, 0.3) is 11.3 Å². The molecule has 0 aliphatic carbocycles. The van der Waals surface area contributed by atoms with Gasteiger partial charge in [-0.05, 0) is 38.8 Å². The van der Waals surface area contributed by atoms with Crippen LogP contribution in [0.5, 0.6) is 0 Å². The van der Waals surface area contributed by atoms with Crippen LogP contribution in [-0.4, -0.2) is 66.6 Å². The Labute approximate surface area is 189 Å². The molecule has 1 aliphatic heterocycles. The lowest BCUT2D eigenvalue weighted by molar-refractivity contribution is 0.0459. The molecule has 1 aliphatic rings. The van der Waals surface area contributed by atoms with Crippen molar-refractivity contribution in [2.75, 3.05) is 18.9 Å². The fourth-order valence-corrected chi connectivity index (χ4v) is 5.02. The first-order valence-electron chi connectivity index (χ1n) is 10.9. The Balaban J connectivity index is 1.89. The molecule has 0 bridgehead atoms. The summed E-state index contributed by atoms with van der Waals surface area (Å²) >= 11 is 0. The Morgan fingerprint density at radius 2 is 1.97 bits per heavy atom. The first-order chi connectivity index (χ1) is 15.3. The van der Waals surface area contributed by atoms with Gasteiger partial charge in [0.1, 0.15) is 0 Å². The van der Waals surface area contributed by atoms with E-state index in [-0.39, 0.29) is 11.9 Å². The van der Waals surface area contributed by atoms with Gasteiger partial charge in [0.2, 0.25) is 10.0 Å². The highest BCUT2D eigenvalue weighted by molar-refractivity contribution is 7.89. The molecule has 1 fully saturated rings. The van der Waals surface area contributed by atoms with Crippen molar-refractivity contribution >= 4 is 16.1 Å². The molecule has 8 nitrogen and oxygen atoms in total. The molecule has 3 rings (SSSR count). The first-order valence-corrected chi connectivity index (χ1v) is 12.5. The lowest BCUT2D eigenvalue weighted by atomic mass is 9.93. The summed E-state index contributed by atoms with van der Waals surface area (Å²) in [6.07, 6.45) is 0.858. The maximum atomic E-state index is 12.8. The van der Waals surface area contributed by atoms with Crippen LogP contribution >= 0.6 is 0 Å². The molecule has 0 saturated carbocycles. The van der Waals surface area contributed by atoms with Gasteiger partial charge in [-0.15, -0.1) is 0 Å². The number of aromatic nitrogens is 1. The van der Waals surface area contributed by atoms with Gasteiger partial charge in [-0.3, -0.25) is 4.98 Å². The molecule has 1 aromatic carbocycles. The largest absolute Gasteiger partial charge is 0.447 e. The zero-order valence-electron chi connectivity index (χ0n) is 18.5. The molecule has 2 aromatic rings. The number of aliphatic hydroxyl groups excluding tert-OH is 1. The first kappa shape index (κ1) is 24.2. The van der Waals surface area contributed by atoms with Gasteiger partial charge >= 0.3 is 6.09 Å². The Morgan fingerprint density at radius 3 is 2.66 bits per heavy atom. The van der Waals surface area contributed by atoms with E-state index < -0.39 is 34.8 Å². The Kier molecular flexibility index (Phi) is 8.22. The van der Waals surface area contributed by atoms with Gasteiger partial charge in [-0.2, -0.15) is 0 Å². The third-order valence-electron chi connectivity index (χ3n) is 5.34. The number of piperidine rings is 1. The molecule has 0 unspecified atom stereocenters. The number of rotatable bonds is 8. The van der Waals surface area contributed by atoms with Crippen molar-refractivity contribution in [2.45, 2.75) is 51.3 Å². The maximum Gasteiger partial charge on any atom is 0.410 e. The Hall–Kier alpha value is -2.49. The number of sulfonamides is 1. The fourth-order valence-electron chi connectivity index (χ4n) is 3.93. The Bertz CT molecular complexity index is 998. The molecular weight excluding hydrogens is 430 g/mol. The van der Waals surface area contributed by atoms with E-state index in [0.29, 0.717) is 25.8 Å². The van der Waals surface area contributed by atoms with Gasteiger partial charge in [0.15, 0.2) is 0 Å². The van der Waals surface area contributed by atoms with Crippen LogP contribution in [-0.2, 0) is 21.2 Å². The van der Waals surface area contributed by atoms with Gasteiger partial charge in [0.25, 0.3) is 0 Å². The van der Waals surface area contributed by atoms with Crippen molar-refractivity contribution in [1.29, 1.82) is 0 Å². The number of nitrogens with one attached hydrogen (secondary N) is 1.